The van der Waals surface area contributed by atoms with E-state index in [9.17, 15) is 4.79 Å². The molecule has 1 saturated carbocycles. The molecule has 1 aliphatic rings. The van der Waals surface area contributed by atoms with Gasteiger partial charge in [-0.3, -0.25) is 0 Å². The highest BCUT2D eigenvalue weighted by Crippen LogP contribution is 2.35. The van der Waals surface area contributed by atoms with Crippen LogP contribution in [0.15, 0.2) is 16.5 Å². The third-order valence-corrected chi connectivity index (χ3v) is 3.64. The SMILES string of the molecule is CC1(C)CCCC(NCc2ccc(C(=O)O)o2)C1. The maximum atomic E-state index is 10.7. The normalized spacial score (nSPS) is 22.9. The molecule has 0 amide bonds. The molecule has 4 nitrogen and oxygen atoms in total. The number of carboxylic acid groups (broad SMARTS) is 1. The Bertz CT molecular complexity index is 422. The van der Waals surface area contributed by atoms with Gasteiger partial charge in [-0.25, -0.2) is 4.79 Å². The van der Waals surface area contributed by atoms with Crippen LogP contribution < -0.4 is 5.32 Å². The maximum Gasteiger partial charge on any atom is 0.371 e. The molecule has 1 aliphatic carbocycles. The van der Waals surface area contributed by atoms with Gasteiger partial charge in [0.1, 0.15) is 5.76 Å². The maximum absolute atomic E-state index is 10.7. The molecular weight excluding hydrogens is 230 g/mol. The van der Waals surface area contributed by atoms with E-state index in [0.717, 1.165) is 0 Å². The van der Waals surface area contributed by atoms with E-state index in [4.69, 9.17) is 9.52 Å². The third kappa shape index (κ3) is 3.35. The number of aromatic carboxylic acids is 1. The van der Waals surface area contributed by atoms with Crippen LogP contribution in [0, 0.1) is 5.41 Å². The van der Waals surface area contributed by atoms with Crippen molar-refractivity contribution in [2.75, 3.05) is 0 Å². The topological polar surface area (TPSA) is 62.5 Å². The molecule has 2 N–H and O–H groups in total. The summed E-state index contributed by atoms with van der Waals surface area (Å²) in [6.45, 7) is 5.21. The van der Waals surface area contributed by atoms with Gasteiger partial charge in [0.15, 0.2) is 0 Å². The summed E-state index contributed by atoms with van der Waals surface area (Å²) in [5.74, 6) is -0.313. The van der Waals surface area contributed by atoms with Crippen molar-refractivity contribution in [3.05, 3.63) is 23.7 Å². The van der Waals surface area contributed by atoms with E-state index in [1.807, 2.05) is 0 Å². The van der Waals surface area contributed by atoms with Crippen LogP contribution in [0.5, 0.6) is 0 Å². The Kier molecular flexibility index (Phi) is 3.76. The predicted octanol–water partition coefficient (Wildman–Crippen LogP) is 3.04. The van der Waals surface area contributed by atoms with Crippen LogP contribution in [-0.4, -0.2) is 17.1 Å². The van der Waals surface area contributed by atoms with Crippen LogP contribution in [0.25, 0.3) is 0 Å². The molecule has 1 heterocycles. The van der Waals surface area contributed by atoms with Gasteiger partial charge in [-0.15, -0.1) is 0 Å². The summed E-state index contributed by atoms with van der Waals surface area (Å²) < 4.78 is 5.23. The van der Waals surface area contributed by atoms with Gasteiger partial charge in [-0.1, -0.05) is 20.3 Å². The van der Waals surface area contributed by atoms with E-state index < -0.39 is 5.97 Å². The first-order valence-electron chi connectivity index (χ1n) is 6.52. The Labute approximate surface area is 107 Å². The van der Waals surface area contributed by atoms with Crippen LogP contribution in [0.2, 0.25) is 0 Å². The van der Waals surface area contributed by atoms with Crippen LogP contribution in [-0.2, 0) is 6.54 Å². The monoisotopic (exact) mass is 251 g/mol. The minimum Gasteiger partial charge on any atom is -0.475 e. The van der Waals surface area contributed by atoms with Crippen molar-refractivity contribution in [1.82, 2.24) is 5.32 Å². The second-order valence-corrected chi connectivity index (χ2v) is 5.91. The second kappa shape index (κ2) is 5.14. The standard InChI is InChI=1S/C14H21NO3/c1-14(2)7-3-4-10(8-14)15-9-11-5-6-12(18-11)13(16)17/h5-6,10,15H,3-4,7-9H2,1-2H3,(H,16,17). The zero-order valence-electron chi connectivity index (χ0n) is 11.0. The summed E-state index contributed by atoms with van der Waals surface area (Å²) in [5, 5.41) is 12.2. The van der Waals surface area contributed by atoms with Crippen LogP contribution in [0.1, 0.15) is 55.8 Å². The number of carbonyl (C=O) groups is 1. The molecule has 2 rings (SSSR count). The molecule has 0 aliphatic heterocycles. The third-order valence-electron chi connectivity index (χ3n) is 3.64. The lowest BCUT2D eigenvalue weighted by Gasteiger charge is -2.35. The smallest absolute Gasteiger partial charge is 0.371 e. The van der Waals surface area contributed by atoms with E-state index in [-0.39, 0.29) is 5.76 Å². The predicted molar refractivity (Wildman–Crippen MR) is 68.5 cm³/mol. The van der Waals surface area contributed by atoms with Crippen molar-refractivity contribution in [2.24, 2.45) is 5.41 Å². The van der Waals surface area contributed by atoms with Crippen molar-refractivity contribution in [3.8, 4) is 0 Å². The number of nitrogens with one attached hydrogen (secondary N) is 1. The Hall–Kier alpha value is -1.29. The van der Waals surface area contributed by atoms with Crippen LogP contribution in [0.3, 0.4) is 0 Å². The zero-order valence-corrected chi connectivity index (χ0v) is 11.0. The van der Waals surface area contributed by atoms with Crippen molar-refractivity contribution in [3.63, 3.8) is 0 Å². The molecule has 1 fully saturated rings. The van der Waals surface area contributed by atoms with E-state index in [0.29, 0.717) is 23.8 Å². The van der Waals surface area contributed by atoms with Crippen molar-refractivity contribution in [1.29, 1.82) is 0 Å². The van der Waals surface area contributed by atoms with Gasteiger partial charge in [0.25, 0.3) is 0 Å². The largest absolute Gasteiger partial charge is 0.475 e. The van der Waals surface area contributed by atoms with E-state index in [1.54, 1.807) is 6.07 Å². The lowest BCUT2D eigenvalue weighted by molar-refractivity contribution is 0.0660. The summed E-state index contributed by atoms with van der Waals surface area (Å²) in [4.78, 5) is 10.7. The highest BCUT2D eigenvalue weighted by molar-refractivity contribution is 5.84. The fourth-order valence-electron chi connectivity index (χ4n) is 2.71. The average Bonchev–Trinajstić information content (AvgIpc) is 2.74. The van der Waals surface area contributed by atoms with Gasteiger partial charge in [0.2, 0.25) is 5.76 Å². The van der Waals surface area contributed by atoms with E-state index in [1.165, 1.54) is 31.7 Å². The van der Waals surface area contributed by atoms with Crippen molar-refractivity contribution in [2.45, 2.75) is 52.1 Å². The molecule has 1 unspecified atom stereocenters. The first-order valence-corrected chi connectivity index (χ1v) is 6.52. The Morgan fingerprint density at radius 1 is 1.56 bits per heavy atom. The molecule has 0 spiro atoms. The first-order chi connectivity index (χ1) is 8.46. The van der Waals surface area contributed by atoms with Gasteiger partial charge < -0.3 is 14.8 Å². The minimum absolute atomic E-state index is 0.00998. The highest BCUT2D eigenvalue weighted by atomic mass is 16.4. The molecule has 4 heteroatoms. The van der Waals surface area contributed by atoms with E-state index in [2.05, 4.69) is 19.2 Å². The molecule has 0 radical (unpaired) electrons. The van der Waals surface area contributed by atoms with Crippen LogP contribution in [0.4, 0.5) is 0 Å². The second-order valence-electron chi connectivity index (χ2n) is 5.91. The van der Waals surface area contributed by atoms with Gasteiger partial charge >= 0.3 is 5.97 Å². The summed E-state index contributed by atoms with van der Waals surface area (Å²) in [5.41, 5.74) is 0.408. The Morgan fingerprint density at radius 2 is 2.33 bits per heavy atom. The molecule has 1 atom stereocenters. The van der Waals surface area contributed by atoms with Crippen LogP contribution >= 0.6 is 0 Å². The lowest BCUT2D eigenvalue weighted by Crippen LogP contribution is -2.36. The number of furan rings is 1. The van der Waals surface area contributed by atoms with Gasteiger partial charge in [0.05, 0.1) is 6.54 Å². The van der Waals surface area contributed by atoms with Gasteiger partial charge in [-0.2, -0.15) is 0 Å². The van der Waals surface area contributed by atoms with Gasteiger partial charge in [-0.05, 0) is 36.8 Å². The molecular formula is C14H21NO3. The summed E-state index contributed by atoms with van der Waals surface area (Å²) in [6.07, 6.45) is 4.90. The molecule has 100 valence electrons. The average molecular weight is 251 g/mol. The molecule has 0 saturated heterocycles. The molecule has 0 bridgehead atoms. The molecule has 18 heavy (non-hydrogen) atoms. The number of carboxylic acids is 1. The fraction of sp³-hybridized carbons (Fsp3) is 0.643. The van der Waals surface area contributed by atoms with Crippen molar-refractivity contribution < 1.29 is 14.3 Å². The minimum atomic E-state index is -1.01. The summed E-state index contributed by atoms with van der Waals surface area (Å²) >= 11 is 0. The van der Waals surface area contributed by atoms with Crippen molar-refractivity contribution >= 4 is 5.97 Å². The number of hydrogen-bond acceptors (Lipinski definition) is 3. The van der Waals surface area contributed by atoms with E-state index >= 15 is 0 Å². The zero-order chi connectivity index (χ0) is 13.2. The van der Waals surface area contributed by atoms with Gasteiger partial charge in [0, 0.05) is 6.04 Å². The highest BCUT2D eigenvalue weighted by Gasteiger charge is 2.27. The summed E-state index contributed by atoms with van der Waals surface area (Å²) in [6, 6.07) is 3.74. The Balaban J connectivity index is 1.85. The first kappa shape index (κ1) is 13.1. The Morgan fingerprint density at radius 3 is 2.94 bits per heavy atom. The fourth-order valence-corrected chi connectivity index (χ4v) is 2.71. The molecule has 1 aromatic rings. The number of rotatable bonds is 4. The quantitative estimate of drug-likeness (QED) is 0.863. The summed E-state index contributed by atoms with van der Waals surface area (Å²) in [7, 11) is 0. The number of hydrogen-bond donors (Lipinski definition) is 2. The lowest BCUT2D eigenvalue weighted by atomic mass is 9.75. The molecule has 1 aromatic heterocycles. The molecule has 0 aromatic carbocycles.